The van der Waals surface area contributed by atoms with Crippen LogP contribution in [0.2, 0.25) is 0 Å². The van der Waals surface area contributed by atoms with E-state index < -0.39 is 0 Å². The molecule has 0 unspecified atom stereocenters. The van der Waals surface area contributed by atoms with Gasteiger partial charge in [-0.05, 0) is 34.9 Å². The number of ketones is 1. The lowest BCUT2D eigenvalue weighted by Crippen LogP contribution is -2.02. The second kappa shape index (κ2) is 7.76. The van der Waals surface area contributed by atoms with E-state index >= 15 is 0 Å². The summed E-state index contributed by atoms with van der Waals surface area (Å²) in [4.78, 5) is 24.8. The van der Waals surface area contributed by atoms with Gasteiger partial charge in [-0.1, -0.05) is 66.7 Å². The topological polar surface area (TPSA) is 58.6 Å². The fourth-order valence-corrected chi connectivity index (χ4v) is 3.57. The third-order valence-electron chi connectivity index (χ3n) is 5.16. The van der Waals surface area contributed by atoms with Crippen LogP contribution in [0.15, 0.2) is 97.3 Å². The highest BCUT2D eigenvalue weighted by atomic mass is 16.1. The summed E-state index contributed by atoms with van der Waals surface area (Å²) < 4.78 is 0. The summed E-state index contributed by atoms with van der Waals surface area (Å²) in [5.41, 5.74) is 6.74. The van der Waals surface area contributed by atoms with Crippen molar-refractivity contribution in [2.24, 2.45) is 0 Å². The fourth-order valence-electron chi connectivity index (χ4n) is 3.57. The number of hydrogen-bond donors (Lipinski definition) is 1. The van der Waals surface area contributed by atoms with E-state index in [0.29, 0.717) is 6.42 Å². The zero-order valence-electron chi connectivity index (χ0n) is 16.2. The van der Waals surface area contributed by atoms with Gasteiger partial charge in [-0.2, -0.15) is 0 Å². The first-order valence-corrected chi connectivity index (χ1v) is 9.84. The Kier molecular flexibility index (Phi) is 4.66. The molecule has 0 spiro atoms. The number of hydrogen-bond acceptors (Lipinski definition) is 3. The molecule has 0 radical (unpaired) electrons. The van der Waals surface area contributed by atoms with Gasteiger partial charge in [0, 0.05) is 29.9 Å². The molecule has 144 valence electrons. The van der Waals surface area contributed by atoms with Crippen molar-refractivity contribution in [3.8, 4) is 22.5 Å². The predicted octanol–water partition coefficient (Wildman–Crippen LogP) is 5.72. The van der Waals surface area contributed by atoms with Crippen LogP contribution in [0.4, 0.5) is 0 Å². The van der Waals surface area contributed by atoms with Gasteiger partial charge in [0.1, 0.15) is 5.82 Å². The maximum atomic E-state index is 12.5. The maximum absolute atomic E-state index is 12.5. The molecule has 0 saturated carbocycles. The Morgan fingerprint density at radius 1 is 0.800 bits per heavy atom. The average molecular weight is 389 g/mol. The molecule has 5 aromatic rings. The van der Waals surface area contributed by atoms with Crippen LogP contribution in [-0.2, 0) is 6.42 Å². The molecule has 5 rings (SSSR count). The number of benzene rings is 3. The van der Waals surface area contributed by atoms with Crippen LogP contribution in [0.25, 0.3) is 33.5 Å². The second-order valence-electron chi connectivity index (χ2n) is 7.22. The molecular formula is C26H19N3O. The molecule has 0 atom stereocenters. The Bertz CT molecular complexity index is 1310. The summed E-state index contributed by atoms with van der Waals surface area (Å²) in [5.74, 6) is 0.926. The molecule has 30 heavy (non-hydrogen) atoms. The van der Waals surface area contributed by atoms with Crippen LogP contribution in [0.5, 0.6) is 0 Å². The van der Waals surface area contributed by atoms with Gasteiger partial charge in [0.2, 0.25) is 0 Å². The molecule has 3 aromatic carbocycles. The maximum Gasteiger partial charge on any atom is 0.167 e. The monoisotopic (exact) mass is 389 g/mol. The van der Waals surface area contributed by atoms with Gasteiger partial charge in [-0.25, -0.2) is 4.98 Å². The van der Waals surface area contributed by atoms with Gasteiger partial charge in [0.15, 0.2) is 5.78 Å². The van der Waals surface area contributed by atoms with Crippen LogP contribution in [0.1, 0.15) is 15.9 Å². The van der Waals surface area contributed by atoms with Gasteiger partial charge < -0.3 is 4.98 Å². The lowest BCUT2D eigenvalue weighted by Gasteiger charge is -2.02. The highest BCUT2D eigenvalue weighted by molar-refractivity contribution is 5.97. The van der Waals surface area contributed by atoms with Gasteiger partial charge in [0.05, 0.1) is 11.0 Å². The summed E-state index contributed by atoms with van der Waals surface area (Å²) in [6.07, 6.45) is 4.00. The van der Waals surface area contributed by atoms with Crippen LogP contribution in [-0.4, -0.2) is 20.7 Å². The highest BCUT2D eigenvalue weighted by Gasteiger charge is 2.10. The van der Waals surface area contributed by atoms with Gasteiger partial charge >= 0.3 is 0 Å². The van der Waals surface area contributed by atoms with E-state index in [1.54, 1.807) is 6.20 Å². The summed E-state index contributed by atoms with van der Waals surface area (Å²) in [7, 11) is 0. The van der Waals surface area contributed by atoms with Crippen molar-refractivity contribution in [1.82, 2.24) is 15.0 Å². The Labute approximate surface area is 174 Å². The summed E-state index contributed by atoms with van der Waals surface area (Å²) in [5, 5.41) is 0. The minimum absolute atomic E-state index is 0.112. The molecule has 2 aromatic heterocycles. The predicted molar refractivity (Wildman–Crippen MR) is 119 cm³/mol. The summed E-state index contributed by atoms with van der Waals surface area (Å²) in [6.45, 7) is 0. The summed E-state index contributed by atoms with van der Waals surface area (Å²) >= 11 is 0. The molecular weight excluding hydrogens is 370 g/mol. The minimum Gasteiger partial charge on any atom is -0.338 e. The Morgan fingerprint density at radius 2 is 1.60 bits per heavy atom. The van der Waals surface area contributed by atoms with E-state index in [2.05, 4.69) is 34.2 Å². The van der Waals surface area contributed by atoms with Crippen molar-refractivity contribution in [1.29, 1.82) is 0 Å². The van der Waals surface area contributed by atoms with Crippen LogP contribution in [0, 0.1) is 0 Å². The number of Topliss-reactive ketones (excluding diaryl/α,β-unsaturated/α-hetero) is 1. The van der Waals surface area contributed by atoms with E-state index in [0.717, 1.165) is 44.7 Å². The third-order valence-corrected chi connectivity index (χ3v) is 5.16. The molecule has 0 aliphatic carbocycles. The van der Waals surface area contributed by atoms with E-state index in [9.17, 15) is 4.79 Å². The number of nitrogens with one attached hydrogen (secondary N) is 1. The fraction of sp³-hybridized carbons (Fsp3) is 0.0385. The zero-order chi connectivity index (χ0) is 20.3. The SMILES string of the molecule is O=C(Cc1ccc2nc(-c3ccc(-c4cccnc4)cc3)[nH]c2c1)c1ccccc1. The third kappa shape index (κ3) is 3.63. The Hall–Kier alpha value is -4.05. The highest BCUT2D eigenvalue weighted by Crippen LogP contribution is 2.25. The van der Waals surface area contributed by atoms with E-state index in [1.807, 2.05) is 66.9 Å². The Balaban J connectivity index is 1.39. The van der Waals surface area contributed by atoms with Gasteiger partial charge in [0.25, 0.3) is 0 Å². The van der Waals surface area contributed by atoms with Crippen molar-refractivity contribution in [2.75, 3.05) is 0 Å². The molecule has 1 N–H and O–H groups in total. The minimum atomic E-state index is 0.112. The lowest BCUT2D eigenvalue weighted by molar-refractivity contribution is 0.0993. The molecule has 4 nitrogen and oxygen atoms in total. The number of H-pyrrole nitrogens is 1. The van der Waals surface area contributed by atoms with E-state index in [1.165, 1.54) is 0 Å². The van der Waals surface area contributed by atoms with Crippen molar-refractivity contribution in [3.63, 3.8) is 0 Å². The van der Waals surface area contributed by atoms with Crippen LogP contribution in [0.3, 0.4) is 0 Å². The number of carbonyl (C=O) groups is 1. The van der Waals surface area contributed by atoms with Crippen molar-refractivity contribution >= 4 is 16.8 Å². The molecule has 2 heterocycles. The second-order valence-corrected chi connectivity index (χ2v) is 7.22. The number of carbonyl (C=O) groups excluding carboxylic acids is 1. The summed E-state index contributed by atoms with van der Waals surface area (Å²) in [6, 6.07) is 27.6. The smallest absolute Gasteiger partial charge is 0.167 e. The first-order chi connectivity index (χ1) is 14.8. The number of fused-ring (bicyclic) bond motifs is 1. The zero-order valence-corrected chi connectivity index (χ0v) is 16.2. The number of nitrogens with zero attached hydrogens (tertiary/aromatic N) is 2. The van der Waals surface area contributed by atoms with Gasteiger partial charge in [-0.3, -0.25) is 9.78 Å². The number of pyridine rings is 1. The first-order valence-electron chi connectivity index (χ1n) is 9.84. The molecule has 0 aliphatic rings. The number of rotatable bonds is 5. The van der Waals surface area contributed by atoms with Crippen LogP contribution >= 0.6 is 0 Å². The molecule has 0 fully saturated rings. The number of aromatic nitrogens is 3. The molecule has 0 saturated heterocycles. The normalized spacial score (nSPS) is 10.9. The van der Waals surface area contributed by atoms with Crippen molar-refractivity contribution < 1.29 is 4.79 Å². The number of imidazole rings is 1. The molecule has 0 amide bonds. The number of aromatic amines is 1. The average Bonchev–Trinajstić information content (AvgIpc) is 3.24. The van der Waals surface area contributed by atoms with Crippen LogP contribution < -0.4 is 0 Å². The van der Waals surface area contributed by atoms with Crippen molar-refractivity contribution in [3.05, 3.63) is 108 Å². The molecule has 4 heteroatoms. The largest absolute Gasteiger partial charge is 0.338 e. The molecule has 0 aliphatic heterocycles. The quantitative estimate of drug-likeness (QED) is 0.391. The Morgan fingerprint density at radius 3 is 2.37 bits per heavy atom. The van der Waals surface area contributed by atoms with E-state index in [-0.39, 0.29) is 5.78 Å². The molecule has 0 bridgehead atoms. The van der Waals surface area contributed by atoms with E-state index in [4.69, 9.17) is 4.98 Å². The standard InChI is InChI=1S/C26H19N3O/c30-25(20-5-2-1-3-6-20)16-18-8-13-23-24(15-18)29-26(28-23)21-11-9-19(10-12-21)22-7-4-14-27-17-22/h1-15,17H,16H2,(H,28,29). The van der Waals surface area contributed by atoms with Gasteiger partial charge in [-0.15, -0.1) is 0 Å². The first kappa shape index (κ1) is 18.0. The lowest BCUT2D eigenvalue weighted by atomic mass is 10.0. The van der Waals surface area contributed by atoms with Crippen molar-refractivity contribution in [2.45, 2.75) is 6.42 Å².